The van der Waals surface area contributed by atoms with Gasteiger partial charge in [0.05, 0.1) is 5.69 Å². The van der Waals surface area contributed by atoms with E-state index in [0.717, 1.165) is 37.9 Å². The molecule has 1 atom stereocenters. The van der Waals surface area contributed by atoms with E-state index < -0.39 is 10.0 Å². The minimum absolute atomic E-state index is 0.0326. The number of aromatic nitrogens is 1. The van der Waals surface area contributed by atoms with Gasteiger partial charge >= 0.3 is 0 Å². The van der Waals surface area contributed by atoms with Gasteiger partial charge in [0.25, 0.3) is 5.91 Å². The van der Waals surface area contributed by atoms with Crippen molar-refractivity contribution in [2.45, 2.75) is 50.3 Å². The van der Waals surface area contributed by atoms with Gasteiger partial charge in [-0.15, -0.1) is 22.7 Å². The maximum Gasteiger partial charge on any atom is 0.265 e. The van der Waals surface area contributed by atoms with E-state index in [2.05, 4.69) is 9.71 Å². The van der Waals surface area contributed by atoms with Crippen LogP contribution >= 0.6 is 22.7 Å². The molecule has 2 aromatic heterocycles. The van der Waals surface area contributed by atoms with Crippen LogP contribution in [0.2, 0.25) is 0 Å². The van der Waals surface area contributed by atoms with Crippen LogP contribution < -0.4 is 4.72 Å². The molecule has 26 heavy (non-hydrogen) atoms. The fraction of sp³-hybridized carbons (Fsp3) is 0.529. The lowest BCUT2D eigenvalue weighted by Crippen LogP contribution is -2.31. The molecule has 0 saturated carbocycles. The average Bonchev–Trinajstić information content (AvgIpc) is 3.33. The topological polar surface area (TPSA) is 79.4 Å². The van der Waals surface area contributed by atoms with Crippen LogP contribution in [0.5, 0.6) is 0 Å². The Balaban J connectivity index is 1.84. The van der Waals surface area contributed by atoms with Gasteiger partial charge in [-0.1, -0.05) is 6.92 Å². The number of amides is 1. The summed E-state index contributed by atoms with van der Waals surface area (Å²) in [7, 11) is -3.52. The molecule has 1 fully saturated rings. The first-order chi connectivity index (χ1) is 12.3. The van der Waals surface area contributed by atoms with Crippen molar-refractivity contribution < 1.29 is 13.2 Å². The molecule has 0 unspecified atom stereocenters. The molecule has 0 aromatic carbocycles. The molecule has 1 amide bonds. The van der Waals surface area contributed by atoms with Crippen LogP contribution in [0.4, 0.5) is 0 Å². The SMILES string of the molecule is CC[C@H](C)NS(=O)(=O)c1cc(-c2nc(C)c(C(=O)N3CCCC3)s2)cs1. The first kappa shape index (κ1) is 19.5. The third kappa shape index (κ3) is 4.00. The number of nitrogens with zero attached hydrogens (tertiary/aromatic N) is 2. The van der Waals surface area contributed by atoms with Gasteiger partial charge in [-0.2, -0.15) is 0 Å². The second-order valence-corrected chi connectivity index (χ2v) is 10.4. The fourth-order valence-electron chi connectivity index (χ4n) is 2.76. The van der Waals surface area contributed by atoms with Crippen molar-refractivity contribution in [3.8, 4) is 10.6 Å². The highest BCUT2D eigenvalue weighted by molar-refractivity contribution is 7.91. The van der Waals surface area contributed by atoms with Crippen molar-refractivity contribution in [1.82, 2.24) is 14.6 Å². The van der Waals surface area contributed by atoms with Crippen molar-refractivity contribution in [2.24, 2.45) is 0 Å². The lowest BCUT2D eigenvalue weighted by Gasteiger charge is -2.13. The first-order valence-corrected chi connectivity index (χ1v) is 11.9. The monoisotopic (exact) mass is 413 g/mol. The molecule has 1 N–H and O–H groups in total. The number of likely N-dealkylation sites (tertiary alicyclic amines) is 1. The second-order valence-electron chi connectivity index (χ2n) is 6.52. The van der Waals surface area contributed by atoms with Gasteiger partial charge in [-0.25, -0.2) is 18.1 Å². The minimum atomic E-state index is -3.52. The summed E-state index contributed by atoms with van der Waals surface area (Å²) >= 11 is 2.51. The number of thiazole rings is 1. The quantitative estimate of drug-likeness (QED) is 0.786. The zero-order valence-corrected chi connectivity index (χ0v) is 17.6. The highest BCUT2D eigenvalue weighted by Gasteiger charge is 2.25. The van der Waals surface area contributed by atoms with Crippen LogP contribution in [-0.4, -0.2) is 43.3 Å². The summed E-state index contributed by atoms with van der Waals surface area (Å²) in [6.07, 6.45) is 2.82. The lowest BCUT2D eigenvalue weighted by atomic mass is 10.3. The summed E-state index contributed by atoms with van der Waals surface area (Å²) in [5.41, 5.74) is 1.45. The molecule has 142 valence electrons. The van der Waals surface area contributed by atoms with Crippen LogP contribution in [0.1, 0.15) is 48.5 Å². The van der Waals surface area contributed by atoms with Crippen LogP contribution in [0.25, 0.3) is 10.6 Å². The third-order valence-electron chi connectivity index (χ3n) is 4.44. The van der Waals surface area contributed by atoms with Gasteiger partial charge in [0, 0.05) is 30.1 Å². The number of hydrogen-bond acceptors (Lipinski definition) is 6. The first-order valence-electron chi connectivity index (χ1n) is 8.69. The molecule has 1 aliphatic rings. The number of thiophene rings is 1. The molecule has 1 saturated heterocycles. The number of carbonyl (C=O) groups is 1. The van der Waals surface area contributed by atoms with Crippen LogP contribution in [0.15, 0.2) is 15.7 Å². The maximum atomic E-state index is 12.6. The average molecular weight is 414 g/mol. The number of carbonyl (C=O) groups excluding carboxylic acids is 1. The van der Waals surface area contributed by atoms with E-state index in [1.54, 1.807) is 11.4 Å². The summed E-state index contributed by atoms with van der Waals surface area (Å²) in [4.78, 5) is 19.6. The van der Waals surface area contributed by atoms with E-state index in [1.165, 1.54) is 22.7 Å². The Labute approximate surface area is 162 Å². The van der Waals surface area contributed by atoms with Gasteiger partial charge in [0.1, 0.15) is 14.1 Å². The van der Waals surface area contributed by atoms with Crippen LogP contribution in [0, 0.1) is 6.92 Å². The molecular formula is C17H23N3O3S3. The van der Waals surface area contributed by atoms with Crippen molar-refractivity contribution >= 4 is 38.6 Å². The normalized spacial score (nSPS) is 16.2. The van der Waals surface area contributed by atoms with E-state index in [4.69, 9.17) is 0 Å². The van der Waals surface area contributed by atoms with Crippen LogP contribution in [-0.2, 0) is 10.0 Å². The predicted molar refractivity (Wildman–Crippen MR) is 105 cm³/mol. The van der Waals surface area contributed by atoms with Gasteiger partial charge in [-0.3, -0.25) is 4.79 Å². The lowest BCUT2D eigenvalue weighted by molar-refractivity contribution is 0.0796. The Morgan fingerprint density at radius 2 is 2.08 bits per heavy atom. The van der Waals surface area contributed by atoms with E-state index in [1.807, 2.05) is 25.7 Å². The zero-order chi connectivity index (χ0) is 18.9. The van der Waals surface area contributed by atoms with E-state index in [0.29, 0.717) is 15.6 Å². The third-order valence-corrected chi connectivity index (χ3v) is 8.66. The molecule has 3 heterocycles. The molecule has 6 nitrogen and oxygen atoms in total. The van der Waals surface area contributed by atoms with Crippen LogP contribution in [0.3, 0.4) is 0 Å². The van der Waals surface area contributed by atoms with Gasteiger partial charge < -0.3 is 4.90 Å². The summed E-state index contributed by atoms with van der Waals surface area (Å²) < 4.78 is 27.8. The van der Waals surface area contributed by atoms with Crippen molar-refractivity contribution in [3.63, 3.8) is 0 Å². The second kappa shape index (κ2) is 7.75. The predicted octanol–water partition coefficient (Wildman–Crippen LogP) is 3.49. The minimum Gasteiger partial charge on any atom is -0.338 e. The van der Waals surface area contributed by atoms with Gasteiger partial charge in [0.2, 0.25) is 10.0 Å². The van der Waals surface area contributed by atoms with Crippen molar-refractivity contribution in [1.29, 1.82) is 0 Å². The maximum absolute atomic E-state index is 12.6. The number of rotatable bonds is 6. The Kier molecular flexibility index (Phi) is 5.81. The molecule has 2 aromatic rings. The molecule has 0 aliphatic carbocycles. The Bertz CT molecular complexity index is 895. The number of nitrogens with one attached hydrogen (secondary N) is 1. The summed E-state index contributed by atoms with van der Waals surface area (Å²) in [6.45, 7) is 7.20. The highest BCUT2D eigenvalue weighted by atomic mass is 32.2. The molecule has 0 radical (unpaired) electrons. The largest absolute Gasteiger partial charge is 0.338 e. The smallest absolute Gasteiger partial charge is 0.265 e. The number of hydrogen-bond donors (Lipinski definition) is 1. The molecule has 1 aliphatic heterocycles. The standard InChI is InChI=1S/C17H23N3O3S3/c1-4-11(2)19-26(22,23)14-9-13(10-24-14)16-18-12(3)15(25-16)17(21)20-7-5-6-8-20/h9-11,19H,4-8H2,1-3H3/t11-/m0/s1. The van der Waals surface area contributed by atoms with Gasteiger partial charge in [-0.05, 0) is 39.2 Å². The molecule has 0 bridgehead atoms. The summed E-state index contributed by atoms with van der Waals surface area (Å²) in [5, 5.41) is 2.47. The molecule has 9 heteroatoms. The van der Waals surface area contributed by atoms with Gasteiger partial charge in [0.15, 0.2) is 0 Å². The molecular weight excluding hydrogens is 390 g/mol. The van der Waals surface area contributed by atoms with E-state index in [9.17, 15) is 13.2 Å². The number of aryl methyl sites for hydroxylation is 1. The molecule has 3 rings (SSSR count). The van der Waals surface area contributed by atoms with E-state index >= 15 is 0 Å². The Hall–Kier alpha value is -1.29. The number of sulfonamides is 1. The van der Waals surface area contributed by atoms with Crippen molar-refractivity contribution in [3.05, 3.63) is 22.0 Å². The highest BCUT2D eigenvalue weighted by Crippen LogP contribution is 2.33. The summed E-state index contributed by atoms with van der Waals surface area (Å²) in [6, 6.07) is 1.52. The van der Waals surface area contributed by atoms with E-state index in [-0.39, 0.29) is 16.2 Å². The Morgan fingerprint density at radius 3 is 2.73 bits per heavy atom. The summed E-state index contributed by atoms with van der Waals surface area (Å²) in [5.74, 6) is 0.0326. The zero-order valence-electron chi connectivity index (χ0n) is 15.1. The van der Waals surface area contributed by atoms with Crippen molar-refractivity contribution in [2.75, 3.05) is 13.1 Å². The Morgan fingerprint density at radius 1 is 1.38 bits per heavy atom. The fourth-order valence-corrected chi connectivity index (χ4v) is 6.36. The molecule has 0 spiro atoms.